The summed E-state index contributed by atoms with van der Waals surface area (Å²) in [6.45, 7) is 3.97. The molecule has 0 aliphatic carbocycles. The molecule has 0 radical (unpaired) electrons. The Morgan fingerprint density at radius 3 is 2.83 bits per heavy atom. The van der Waals surface area contributed by atoms with E-state index in [1.807, 2.05) is 6.92 Å². The lowest BCUT2D eigenvalue weighted by atomic mass is 10.1. The molecule has 3 rings (SSSR count). The highest BCUT2D eigenvalue weighted by Crippen LogP contribution is 2.32. The van der Waals surface area contributed by atoms with Gasteiger partial charge in [0, 0.05) is 24.2 Å². The second-order valence-electron chi connectivity index (χ2n) is 6.20. The van der Waals surface area contributed by atoms with Crippen molar-refractivity contribution < 1.29 is 9.84 Å². The van der Waals surface area contributed by atoms with E-state index in [9.17, 15) is 5.11 Å². The minimum atomic E-state index is 0.100. The molecule has 2 N–H and O–H groups in total. The minimum absolute atomic E-state index is 0.100. The summed E-state index contributed by atoms with van der Waals surface area (Å²) in [5, 5.41) is 22.0. The number of rotatable bonds is 4. The van der Waals surface area contributed by atoms with Gasteiger partial charge in [0.1, 0.15) is 17.2 Å². The molecule has 1 aliphatic heterocycles. The van der Waals surface area contributed by atoms with Crippen LogP contribution in [0.2, 0.25) is 0 Å². The number of nitrogens with one attached hydrogen (secondary N) is 1. The Hall–Kier alpha value is -2.41. The van der Waals surface area contributed by atoms with Gasteiger partial charge >= 0.3 is 0 Å². The number of phenolic OH excluding ortho intramolecular Hbond substituents is 1. The van der Waals surface area contributed by atoms with Crippen LogP contribution in [0.3, 0.4) is 0 Å². The Labute approximate surface area is 141 Å². The summed E-state index contributed by atoms with van der Waals surface area (Å²) in [4.78, 5) is 6.80. The molecule has 128 valence electrons. The SMILES string of the molecule is COc1ccc(-c2nnc(N[C@@H]3CCCN(C)C3)nc2C)c(O)c1. The van der Waals surface area contributed by atoms with E-state index < -0.39 is 0 Å². The van der Waals surface area contributed by atoms with Crippen LogP contribution in [0.25, 0.3) is 11.3 Å². The fourth-order valence-corrected chi connectivity index (χ4v) is 3.02. The first-order chi connectivity index (χ1) is 11.6. The molecule has 1 aliphatic rings. The highest BCUT2D eigenvalue weighted by Gasteiger charge is 2.19. The van der Waals surface area contributed by atoms with Gasteiger partial charge in [-0.2, -0.15) is 0 Å². The number of likely N-dealkylation sites (tertiary alicyclic amines) is 1. The molecule has 0 saturated carbocycles. The van der Waals surface area contributed by atoms with Crippen LogP contribution in [0.5, 0.6) is 11.5 Å². The van der Waals surface area contributed by atoms with Crippen LogP contribution in [-0.4, -0.2) is 58.5 Å². The first-order valence-corrected chi connectivity index (χ1v) is 8.10. The van der Waals surface area contributed by atoms with E-state index in [1.54, 1.807) is 25.3 Å². The zero-order chi connectivity index (χ0) is 17.1. The fraction of sp³-hybridized carbons (Fsp3) is 0.471. The van der Waals surface area contributed by atoms with Crippen molar-refractivity contribution in [2.24, 2.45) is 0 Å². The zero-order valence-electron chi connectivity index (χ0n) is 14.3. The number of ether oxygens (including phenoxy) is 1. The van der Waals surface area contributed by atoms with Crippen molar-refractivity contribution in [3.05, 3.63) is 23.9 Å². The van der Waals surface area contributed by atoms with Crippen LogP contribution in [0.1, 0.15) is 18.5 Å². The zero-order valence-corrected chi connectivity index (χ0v) is 14.3. The van der Waals surface area contributed by atoms with Crippen molar-refractivity contribution in [1.82, 2.24) is 20.1 Å². The number of piperidine rings is 1. The molecule has 1 aromatic carbocycles. The van der Waals surface area contributed by atoms with Gasteiger partial charge in [0.05, 0.1) is 12.8 Å². The summed E-state index contributed by atoms with van der Waals surface area (Å²) in [6, 6.07) is 5.43. The van der Waals surface area contributed by atoms with E-state index in [2.05, 4.69) is 32.4 Å². The molecular weight excluding hydrogens is 306 g/mol. The number of phenols is 1. The number of methoxy groups -OCH3 is 1. The Balaban J connectivity index is 1.79. The van der Waals surface area contributed by atoms with Crippen LogP contribution in [0.4, 0.5) is 5.95 Å². The maximum Gasteiger partial charge on any atom is 0.243 e. The van der Waals surface area contributed by atoms with Gasteiger partial charge in [0.2, 0.25) is 5.95 Å². The van der Waals surface area contributed by atoms with Crippen molar-refractivity contribution in [3.8, 4) is 22.8 Å². The van der Waals surface area contributed by atoms with E-state index in [0.717, 1.165) is 25.2 Å². The standard InChI is InChI=1S/C17H23N5O2/c1-11-16(14-7-6-13(24-3)9-15(14)23)20-21-17(18-11)19-12-5-4-8-22(2)10-12/h6-7,9,12,23H,4-5,8,10H2,1-3H3,(H,18,19,21)/t12-/m1/s1. The maximum absolute atomic E-state index is 10.2. The summed E-state index contributed by atoms with van der Waals surface area (Å²) in [6.07, 6.45) is 2.27. The number of hydrogen-bond donors (Lipinski definition) is 2. The fourth-order valence-electron chi connectivity index (χ4n) is 3.02. The molecule has 7 nitrogen and oxygen atoms in total. The second kappa shape index (κ2) is 7.00. The van der Waals surface area contributed by atoms with E-state index in [4.69, 9.17) is 4.74 Å². The van der Waals surface area contributed by atoms with Crippen LogP contribution in [0, 0.1) is 6.92 Å². The lowest BCUT2D eigenvalue weighted by molar-refractivity contribution is 0.260. The van der Waals surface area contributed by atoms with Gasteiger partial charge in [-0.25, -0.2) is 4.98 Å². The molecule has 0 spiro atoms. The predicted octanol–water partition coefficient (Wildman–Crippen LogP) is 2.07. The number of aromatic hydroxyl groups is 1. The molecule has 1 atom stereocenters. The first kappa shape index (κ1) is 16.4. The topological polar surface area (TPSA) is 83.4 Å². The van der Waals surface area contributed by atoms with Gasteiger partial charge < -0.3 is 20.1 Å². The molecule has 0 bridgehead atoms. The van der Waals surface area contributed by atoms with E-state index >= 15 is 0 Å². The Morgan fingerprint density at radius 2 is 2.17 bits per heavy atom. The first-order valence-electron chi connectivity index (χ1n) is 8.10. The molecule has 24 heavy (non-hydrogen) atoms. The molecule has 1 saturated heterocycles. The monoisotopic (exact) mass is 329 g/mol. The quantitative estimate of drug-likeness (QED) is 0.888. The van der Waals surface area contributed by atoms with Crippen LogP contribution < -0.4 is 10.1 Å². The van der Waals surface area contributed by atoms with Gasteiger partial charge in [-0.15, -0.1) is 10.2 Å². The molecule has 7 heteroatoms. The normalized spacial score (nSPS) is 18.4. The number of nitrogens with zero attached hydrogens (tertiary/aromatic N) is 4. The van der Waals surface area contributed by atoms with E-state index in [-0.39, 0.29) is 5.75 Å². The van der Waals surface area contributed by atoms with Gasteiger partial charge in [-0.1, -0.05) is 0 Å². The maximum atomic E-state index is 10.2. The molecule has 1 aromatic heterocycles. The summed E-state index contributed by atoms with van der Waals surface area (Å²) in [7, 11) is 3.68. The summed E-state index contributed by atoms with van der Waals surface area (Å²) in [5.74, 6) is 1.22. The Kier molecular flexibility index (Phi) is 4.80. The highest BCUT2D eigenvalue weighted by atomic mass is 16.5. The van der Waals surface area contributed by atoms with Crippen molar-refractivity contribution in [2.45, 2.75) is 25.8 Å². The summed E-state index contributed by atoms with van der Waals surface area (Å²) >= 11 is 0. The van der Waals surface area contributed by atoms with Crippen LogP contribution >= 0.6 is 0 Å². The third-order valence-corrected chi connectivity index (χ3v) is 4.28. The number of anilines is 1. The van der Waals surface area contributed by atoms with Gasteiger partial charge in [0.25, 0.3) is 0 Å². The number of benzene rings is 1. The van der Waals surface area contributed by atoms with Gasteiger partial charge in [0.15, 0.2) is 0 Å². The molecule has 2 heterocycles. The van der Waals surface area contributed by atoms with E-state index in [0.29, 0.717) is 29.0 Å². The van der Waals surface area contributed by atoms with Crippen molar-refractivity contribution in [2.75, 3.05) is 32.6 Å². The van der Waals surface area contributed by atoms with Crippen LogP contribution in [0.15, 0.2) is 18.2 Å². The molecule has 0 amide bonds. The molecule has 2 aromatic rings. The predicted molar refractivity (Wildman–Crippen MR) is 92.4 cm³/mol. The molecule has 1 fully saturated rings. The molecular formula is C17H23N5O2. The average molecular weight is 329 g/mol. The number of hydrogen-bond acceptors (Lipinski definition) is 7. The van der Waals surface area contributed by atoms with E-state index in [1.165, 1.54) is 6.42 Å². The average Bonchev–Trinajstić information content (AvgIpc) is 2.55. The second-order valence-corrected chi connectivity index (χ2v) is 6.20. The third kappa shape index (κ3) is 3.56. The minimum Gasteiger partial charge on any atom is -0.507 e. The number of aromatic nitrogens is 3. The smallest absolute Gasteiger partial charge is 0.243 e. The lowest BCUT2D eigenvalue weighted by Gasteiger charge is -2.30. The number of aryl methyl sites for hydroxylation is 1. The van der Waals surface area contributed by atoms with Gasteiger partial charge in [-0.05, 0) is 45.5 Å². The van der Waals surface area contributed by atoms with Gasteiger partial charge in [-0.3, -0.25) is 0 Å². The molecule has 0 unspecified atom stereocenters. The van der Waals surface area contributed by atoms with Crippen molar-refractivity contribution >= 4 is 5.95 Å². The van der Waals surface area contributed by atoms with Crippen molar-refractivity contribution in [1.29, 1.82) is 0 Å². The van der Waals surface area contributed by atoms with Crippen LogP contribution in [-0.2, 0) is 0 Å². The Bertz CT molecular complexity index is 722. The van der Waals surface area contributed by atoms with Crippen molar-refractivity contribution in [3.63, 3.8) is 0 Å². The third-order valence-electron chi connectivity index (χ3n) is 4.28. The summed E-state index contributed by atoms with van der Waals surface area (Å²) < 4.78 is 5.10. The number of likely N-dealkylation sites (N-methyl/N-ethyl adjacent to an activating group) is 1. The summed E-state index contributed by atoms with van der Waals surface area (Å²) in [5.41, 5.74) is 1.89. The Morgan fingerprint density at radius 1 is 1.33 bits per heavy atom. The lowest BCUT2D eigenvalue weighted by Crippen LogP contribution is -2.40. The largest absolute Gasteiger partial charge is 0.507 e. The highest BCUT2D eigenvalue weighted by molar-refractivity contribution is 5.69.